The van der Waals surface area contributed by atoms with E-state index >= 15 is 0 Å². The van der Waals surface area contributed by atoms with Crippen LogP contribution in [0.1, 0.15) is 75.5 Å². The summed E-state index contributed by atoms with van der Waals surface area (Å²) in [6.45, 7) is 5.64. The number of aliphatic hydroxyl groups excluding tert-OH is 1. The van der Waals surface area contributed by atoms with E-state index in [0.717, 1.165) is 16.0 Å². The molecule has 1 aromatic heterocycles. The van der Waals surface area contributed by atoms with Crippen LogP contribution in [0, 0.1) is 5.92 Å². The SMILES string of the molecule is CC[C@@H](CCC[C@@H](CO)N(CCC(C)C)S(=O)(=O)c1ccc(N)cc1)N(C(=O)OCc1ccncc1)C(=O)[C@@H](N)C(c1ccccc1)c1ccccc1. The molecule has 0 aliphatic heterocycles. The second kappa shape index (κ2) is 20.0. The maximum Gasteiger partial charge on any atom is 0.417 e. The van der Waals surface area contributed by atoms with Crippen molar-refractivity contribution in [1.29, 1.82) is 0 Å². The van der Waals surface area contributed by atoms with E-state index in [-0.39, 0.29) is 30.4 Å². The van der Waals surface area contributed by atoms with Gasteiger partial charge in [0.1, 0.15) is 6.61 Å². The molecule has 11 nitrogen and oxygen atoms in total. The number of pyridine rings is 1. The summed E-state index contributed by atoms with van der Waals surface area (Å²) >= 11 is 0. The van der Waals surface area contributed by atoms with Crippen LogP contribution in [0.15, 0.2) is 114 Å². The summed E-state index contributed by atoms with van der Waals surface area (Å²) < 4.78 is 34.9. The molecule has 3 aromatic carbocycles. The quantitative estimate of drug-likeness (QED) is 0.0929. The smallest absolute Gasteiger partial charge is 0.417 e. The maximum atomic E-state index is 14.6. The number of rotatable bonds is 19. The van der Waals surface area contributed by atoms with Gasteiger partial charge in [-0.15, -0.1) is 0 Å². The molecule has 12 heteroatoms. The van der Waals surface area contributed by atoms with Crippen LogP contribution in [0.4, 0.5) is 10.5 Å². The topological polar surface area (TPSA) is 169 Å². The molecule has 5 N–H and O–H groups in total. The molecule has 0 saturated heterocycles. The molecule has 4 rings (SSSR count). The molecule has 0 spiro atoms. The van der Waals surface area contributed by atoms with Gasteiger partial charge in [-0.1, -0.05) is 81.4 Å². The molecule has 284 valence electrons. The average molecular weight is 744 g/mol. The molecule has 0 unspecified atom stereocenters. The third-order valence-corrected chi connectivity index (χ3v) is 11.4. The minimum Gasteiger partial charge on any atom is -0.444 e. The molecular formula is C41H53N5O6S. The summed E-state index contributed by atoms with van der Waals surface area (Å²) in [6.07, 6.45) is 4.37. The molecule has 1 heterocycles. The van der Waals surface area contributed by atoms with Crippen LogP contribution >= 0.6 is 0 Å². The van der Waals surface area contributed by atoms with E-state index in [4.69, 9.17) is 16.2 Å². The first-order valence-electron chi connectivity index (χ1n) is 18.2. The van der Waals surface area contributed by atoms with Gasteiger partial charge in [0.25, 0.3) is 0 Å². The third-order valence-electron chi connectivity index (χ3n) is 9.45. The van der Waals surface area contributed by atoms with Gasteiger partial charge in [0.15, 0.2) is 0 Å². The van der Waals surface area contributed by atoms with Crippen molar-refractivity contribution in [3.8, 4) is 0 Å². The van der Waals surface area contributed by atoms with Crippen LogP contribution in [-0.2, 0) is 26.2 Å². The fourth-order valence-corrected chi connectivity index (χ4v) is 8.10. The fraction of sp³-hybridized carbons (Fsp3) is 0.390. The van der Waals surface area contributed by atoms with Crippen molar-refractivity contribution in [2.45, 2.75) is 88.4 Å². The second-order valence-electron chi connectivity index (χ2n) is 13.6. The van der Waals surface area contributed by atoms with Gasteiger partial charge in [-0.25, -0.2) is 18.1 Å². The van der Waals surface area contributed by atoms with Crippen molar-refractivity contribution >= 4 is 27.7 Å². The number of aliphatic hydroxyl groups is 1. The molecular weight excluding hydrogens is 691 g/mol. The van der Waals surface area contributed by atoms with Crippen LogP contribution in [0.2, 0.25) is 0 Å². The highest BCUT2D eigenvalue weighted by atomic mass is 32.2. The molecule has 0 saturated carbocycles. The lowest BCUT2D eigenvalue weighted by molar-refractivity contribution is -0.133. The van der Waals surface area contributed by atoms with Crippen molar-refractivity contribution in [3.63, 3.8) is 0 Å². The first kappa shape index (κ1) is 41.1. The average Bonchev–Trinajstić information content (AvgIpc) is 3.17. The zero-order chi connectivity index (χ0) is 38.4. The van der Waals surface area contributed by atoms with Crippen LogP contribution < -0.4 is 11.5 Å². The van der Waals surface area contributed by atoms with E-state index < -0.39 is 52.7 Å². The first-order chi connectivity index (χ1) is 25.5. The van der Waals surface area contributed by atoms with Crippen LogP contribution in [0.25, 0.3) is 0 Å². The Bertz CT molecular complexity index is 1770. The fourth-order valence-electron chi connectivity index (χ4n) is 6.43. The molecule has 0 fully saturated rings. The number of ether oxygens (including phenoxy) is 1. The first-order valence-corrected chi connectivity index (χ1v) is 19.6. The summed E-state index contributed by atoms with van der Waals surface area (Å²) in [4.78, 5) is 33.8. The largest absolute Gasteiger partial charge is 0.444 e. The number of sulfonamides is 1. The zero-order valence-electron chi connectivity index (χ0n) is 30.8. The van der Waals surface area contributed by atoms with Crippen LogP contribution in [-0.4, -0.2) is 71.0 Å². The Kier molecular flexibility index (Phi) is 15.5. The van der Waals surface area contributed by atoms with E-state index in [1.54, 1.807) is 24.5 Å². The zero-order valence-corrected chi connectivity index (χ0v) is 31.6. The van der Waals surface area contributed by atoms with Gasteiger partial charge in [-0.3, -0.25) is 9.78 Å². The molecule has 4 aromatic rings. The number of imide groups is 1. The Morgan fingerprint density at radius 2 is 1.40 bits per heavy atom. The minimum atomic E-state index is -3.97. The second-order valence-corrected chi connectivity index (χ2v) is 15.5. The van der Waals surface area contributed by atoms with Gasteiger partial charge in [0.05, 0.1) is 17.5 Å². The predicted octanol–water partition coefficient (Wildman–Crippen LogP) is 6.34. The summed E-state index contributed by atoms with van der Waals surface area (Å²) in [7, 11) is -3.97. The molecule has 53 heavy (non-hydrogen) atoms. The van der Waals surface area contributed by atoms with Crippen molar-refractivity contribution < 1.29 is 27.9 Å². The number of nitrogens with two attached hydrogens (primary N) is 2. The van der Waals surface area contributed by atoms with Gasteiger partial charge >= 0.3 is 6.09 Å². The van der Waals surface area contributed by atoms with Crippen molar-refractivity contribution in [2.24, 2.45) is 11.7 Å². The van der Waals surface area contributed by atoms with E-state index in [2.05, 4.69) is 4.98 Å². The summed E-state index contributed by atoms with van der Waals surface area (Å²) in [5, 5.41) is 10.6. The summed E-state index contributed by atoms with van der Waals surface area (Å²) in [5.41, 5.74) is 15.5. The molecule has 0 radical (unpaired) electrons. The number of amides is 2. The Balaban J connectivity index is 1.61. The van der Waals surface area contributed by atoms with Gasteiger partial charge in [-0.2, -0.15) is 4.31 Å². The van der Waals surface area contributed by atoms with Crippen molar-refractivity contribution in [3.05, 3.63) is 126 Å². The van der Waals surface area contributed by atoms with Crippen LogP contribution in [0.5, 0.6) is 0 Å². The van der Waals surface area contributed by atoms with Crippen molar-refractivity contribution in [1.82, 2.24) is 14.2 Å². The number of nitrogen functional groups attached to an aromatic ring is 1. The lowest BCUT2D eigenvalue weighted by atomic mass is 9.84. The van der Waals surface area contributed by atoms with Gasteiger partial charge in [0.2, 0.25) is 15.9 Å². The highest BCUT2D eigenvalue weighted by molar-refractivity contribution is 7.89. The number of benzene rings is 3. The van der Waals surface area contributed by atoms with Gasteiger partial charge in [0, 0.05) is 42.6 Å². The lowest BCUT2D eigenvalue weighted by Crippen LogP contribution is -2.53. The van der Waals surface area contributed by atoms with Crippen molar-refractivity contribution in [2.75, 3.05) is 18.9 Å². The number of carbonyl (C=O) groups is 2. The minimum absolute atomic E-state index is 0.0714. The third kappa shape index (κ3) is 11.2. The molecule has 2 amide bonds. The number of anilines is 1. The standard InChI is InChI=1S/C41H53N5O6S/c1-4-35(16-11-17-36(28-47)45(27-24-30(2)3)53(50,51)37-20-18-34(42)19-21-37)46(41(49)52-29-31-22-25-44-26-23-31)40(48)39(43)38(32-12-7-5-8-13-32)33-14-9-6-10-15-33/h5-10,12-15,18-23,25-26,30,35-36,38-39,47H,4,11,16-17,24,27-29,42-43H2,1-3H3/t35-,36-,39-/m0/s1. The van der Waals surface area contributed by atoms with Crippen LogP contribution in [0.3, 0.4) is 0 Å². The number of aromatic nitrogens is 1. The predicted molar refractivity (Wildman–Crippen MR) is 207 cm³/mol. The summed E-state index contributed by atoms with van der Waals surface area (Å²) in [5.74, 6) is -0.914. The maximum absolute atomic E-state index is 14.6. The van der Waals surface area contributed by atoms with Gasteiger partial charge in [-0.05, 0) is 91.1 Å². The van der Waals surface area contributed by atoms with E-state index in [1.807, 2.05) is 81.4 Å². The van der Waals surface area contributed by atoms with E-state index in [0.29, 0.717) is 36.9 Å². The highest BCUT2D eigenvalue weighted by Crippen LogP contribution is 2.30. The van der Waals surface area contributed by atoms with E-state index in [1.165, 1.54) is 28.6 Å². The highest BCUT2D eigenvalue weighted by Gasteiger charge is 2.38. The molecule has 0 bridgehead atoms. The molecule has 3 atom stereocenters. The molecule has 0 aliphatic carbocycles. The normalized spacial score (nSPS) is 13.5. The Labute approximate surface area is 314 Å². The molecule has 0 aliphatic rings. The number of nitrogens with zero attached hydrogens (tertiary/aromatic N) is 3. The Hall–Kier alpha value is -4.62. The Morgan fingerprint density at radius 1 is 0.830 bits per heavy atom. The number of hydrogen-bond acceptors (Lipinski definition) is 9. The monoisotopic (exact) mass is 743 g/mol. The number of carbonyl (C=O) groups excluding carboxylic acids is 2. The lowest BCUT2D eigenvalue weighted by Gasteiger charge is -2.34. The van der Waals surface area contributed by atoms with Gasteiger partial charge < -0.3 is 21.3 Å². The number of hydrogen-bond donors (Lipinski definition) is 3. The summed E-state index contributed by atoms with van der Waals surface area (Å²) in [6, 6.07) is 25.9. The van der Waals surface area contributed by atoms with E-state index in [9.17, 15) is 23.1 Å². The Morgan fingerprint density at radius 3 is 1.92 bits per heavy atom.